The third-order valence-corrected chi connectivity index (χ3v) is 5.80. The Morgan fingerprint density at radius 2 is 1.92 bits per heavy atom. The zero-order valence-corrected chi connectivity index (χ0v) is 15.2. The smallest absolute Gasteiger partial charge is 0.335 e. The normalized spacial score (nSPS) is 27.7. The molecule has 0 radical (unpaired) electrons. The van der Waals surface area contributed by atoms with Crippen LogP contribution < -0.4 is 5.32 Å². The Kier molecular flexibility index (Phi) is 6.49. The molecule has 3 rings (SSSR count). The average Bonchev–Trinajstić information content (AvgIpc) is 3.22. The number of hydrogen-bond acceptors (Lipinski definition) is 3. The molecule has 4 atom stereocenters. The van der Waals surface area contributed by atoms with Crippen molar-refractivity contribution in [1.82, 2.24) is 5.32 Å². The Bertz CT molecular complexity index is 557. The van der Waals surface area contributed by atoms with Crippen molar-refractivity contribution < 1.29 is 14.6 Å². The first kappa shape index (κ1) is 18.4. The summed E-state index contributed by atoms with van der Waals surface area (Å²) in [6.07, 6.45) is 10.5. The van der Waals surface area contributed by atoms with E-state index in [2.05, 4.69) is 12.2 Å². The summed E-state index contributed by atoms with van der Waals surface area (Å²) >= 11 is 0. The van der Waals surface area contributed by atoms with E-state index in [0.717, 1.165) is 19.4 Å². The molecule has 25 heavy (non-hydrogen) atoms. The summed E-state index contributed by atoms with van der Waals surface area (Å²) in [6, 6.07) is 7.81. The standard InChI is InChI=1S/C21H31NO3/c1-2-3-4-5-14-22-20-17(18-12-13-19(20)25-18)11-8-15-6-9-16(10-7-15)21(23)24/h6-7,9-10,17-20,22H,2-5,8,11-14H2,1H3,(H,23,24). The first-order valence-electron chi connectivity index (χ1n) is 9.90. The minimum atomic E-state index is -0.861. The van der Waals surface area contributed by atoms with Crippen LogP contribution in [0.3, 0.4) is 0 Å². The number of unbranched alkanes of at least 4 members (excludes halogenated alkanes) is 3. The fourth-order valence-corrected chi connectivity index (χ4v) is 4.39. The zero-order chi connectivity index (χ0) is 17.6. The summed E-state index contributed by atoms with van der Waals surface area (Å²) in [5, 5.41) is 12.8. The molecule has 0 spiro atoms. The van der Waals surface area contributed by atoms with E-state index in [4.69, 9.17) is 9.84 Å². The Hall–Kier alpha value is -1.39. The van der Waals surface area contributed by atoms with Crippen LogP contribution in [-0.4, -0.2) is 35.9 Å². The number of carbonyl (C=O) groups is 1. The zero-order valence-electron chi connectivity index (χ0n) is 15.2. The van der Waals surface area contributed by atoms with Crippen molar-refractivity contribution in [1.29, 1.82) is 0 Å². The molecule has 4 unspecified atom stereocenters. The predicted molar refractivity (Wildman–Crippen MR) is 99.0 cm³/mol. The van der Waals surface area contributed by atoms with Gasteiger partial charge in [0.1, 0.15) is 0 Å². The Labute approximate surface area is 151 Å². The molecule has 2 aliphatic rings. The van der Waals surface area contributed by atoms with Gasteiger partial charge in [-0.15, -0.1) is 0 Å². The number of rotatable bonds is 10. The lowest BCUT2D eigenvalue weighted by molar-refractivity contribution is 0.0697. The molecular formula is C21H31NO3. The van der Waals surface area contributed by atoms with Gasteiger partial charge in [0.25, 0.3) is 0 Å². The van der Waals surface area contributed by atoms with Crippen LogP contribution in [0.1, 0.15) is 67.8 Å². The summed E-state index contributed by atoms with van der Waals surface area (Å²) in [4.78, 5) is 11.0. The lowest BCUT2D eigenvalue weighted by Gasteiger charge is -2.29. The maximum Gasteiger partial charge on any atom is 0.335 e. The number of nitrogens with one attached hydrogen (secondary N) is 1. The molecule has 0 aromatic heterocycles. The van der Waals surface area contributed by atoms with Gasteiger partial charge in [-0.2, -0.15) is 0 Å². The summed E-state index contributed by atoms with van der Waals surface area (Å²) in [6.45, 7) is 3.34. The van der Waals surface area contributed by atoms with Crippen molar-refractivity contribution in [2.24, 2.45) is 5.92 Å². The van der Waals surface area contributed by atoms with E-state index in [1.807, 2.05) is 12.1 Å². The number of fused-ring (bicyclic) bond motifs is 2. The minimum absolute atomic E-state index is 0.360. The van der Waals surface area contributed by atoms with Gasteiger partial charge in [0.15, 0.2) is 0 Å². The van der Waals surface area contributed by atoms with E-state index in [-0.39, 0.29) is 0 Å². The molecular weight excluding hydrogens is 314 g/mol. The van der Waals surface area contributed by atoms with Crippen molar-refractivity contribution >= 4 is 5.97 Å². The highest BCUT2D eigenvalue weighted by molar-refractivity contribution is 5.87. The fraction of sp³-hybridized carbons (Fsp3) is 0.667. The van der Waals surface area contributed by atoms with Crippen LogP contribution in [0.5, 0.6) is 0 Å². The van der Waals surface area contributed by atoms with E-state index < -0.39 is 5.97 Å². The Morgan fingerprint density at radius 3 is 2.64 bits per heavy atom. The molecule has 0 aliphatic carbocycles. The van der Waals surface area contributed by atoms with E-state index in [1.54, 1.807) is 12.1 Å². The second-order valence-corrected chi connectivity index (χ2v) is 7.54. The van der Waals surface area contributed by atoms with Gasteiger partial charge in [-0.3, -0.25) is 0 Å². The van der Waals surface area contributed by atoms with Gasteiger partial charge in [-0.1, -0.05) is 38.3 Å². The van der Waals surface area contributed by atoms with Crippen molar-refractivity contribution in [2.75, 3.05) is 6.54 Å². The molecule has 2 bridgehead atoms. The van der Waals surface area contributed by atoms with Crippen LogP contribution in [0.2, 0.25) is 0 Å². The molecule has 2 N–H and O–H groups in total. The number of hydrogen-bond donors (Lipinski definition) is 2. The monoisotopic (exact) mass is 345 g/mol. The molecule has 2 saturated heterocycles. The van der Waals surface area contributed by atoms with Gasteiger partial charge in [0.05, 0.1) is 17.8 Å². The van der Waals surface area contributed by atoms with Crippen molar-refractivity contribution in [3.05, 3.63) is 35.4 Å². The number of carboxylic acids is 1. The van der Waals surface area contributed by atoms with Crippen LogP contribution in [0, 0.1) is 5.92 Å². The van der Waals surface area contributed by atoms with Crippen LogP contribution in [0.25, 0.3) is 0 Å². The van der Waals surface area contributed by atoms with Gasteiger partial charge in [0.2, 0.25) is 0 Å². The van der Waals surface area contributed by atoms with E-state index in [9.17, 15) is 4.79 Å². The average molecular weight is 345 g/mol. The fourth-order valence-electron chi connectivity index (χ4n) is 4.39. The van der Waals surface area contributed by atoms with Crippen LogP contribution in [0.15, 0.2) is 24.3 Å². The molecule has 2 fully saturated rings. The highest BCUT2D eigenvalue weighted by Crippen LogP contribution is 2.41. The topological polar surface area (TPSA) is 58.6 Å². The SMILES string of the molecule is CCCCCCNC1C2CCC(O2)C1CCc1ccc(C(=O)O)cc1. The first-order valence-corrected chi connectivity index (χ1v) is 9.90. The van der Waals surface area contributed by atoms with E-state index in [1.165, 1.54) is 44.1 Å². The highest BCUT2D eigenvalue weighted by Gasteiger charge is 2.47. The molecule has 4 nitrogen and oxygen atoms in total. The summed E-state index contributed by atoms with van der Waals surface area (Å²) in [7, 11) is 0. The van der Waals surface area contributed by atoms with Gasteiger partial charge in [-0.25, -0.2) is 4.79 Å². The molecule has 0 amide bonds. The van der Waals surface area contributed by atoms with Crippen LogP contribution in [-0.2, 0) is 11.2 Å². The number of carboxylic acid groups (broad SMARTS) is 1. The first-order chi connectivity index (χ1) is 12.2. The van der Waals surface area contributed by atoms with Crippen molar-refractivity contribution in [3.63, 3.8) is 0 Å². The van der Waals surface area contributed by atoms with Gasteiger partial charge in [-0.05, 0) is 56.3 Å². The molecule has 2 aliphatic heterocycles. The van der Waals surface area contributed by atoms with Crippen LogP contribution in [0.4, 0.5) is 0 Å². The Balaban J connectivity index is 1.50. The second-order valence-electron chi connectivity index (χ2n) is 7.54. The molecule has 138 valence electrons. The van der Waals surface area contributed by atoms with E-state index in [0.29, 0.717) is 29.7 Å². The largest absolute Gasteiger partial charge is 0.478 e. The highest BCUT2D eigenvalue weighted by atomic mass is 16.5. The molecule has 1 aromatic carbocycles. The third-order valence-electron chi connectivity index (χ3n) is 5.80. The molecule has 0 saturated carbocycles. The minimum Gasteiger partial charge on any atom is -0.478 e. The number of benzene rings is 1. The maximum absolute atomic E-state index is 11.0. The predicted octanol–water partition coefficient (Wildman–Crippen LogP) is 4.03. The quantitative estimate of drug-likeness (QED) is 0.629. The Morgan fingerprint density at radius 1 is 1.16 bits per heavy atom. The lowest BCUT2D eigenvalue weighted by Crippen LogP contribution is -2.44. The van der Waals surface area contributed by atoms with Crippen molar-refractivity contribution in [2.45, 2.75) is 76.5 Å². The molecule has 1 aromatic rings. The van der Waals surface area contributed by atoms with Gasteiger partial charge < -0.3 is 15.2 Å². The second kappa shape index (κ2) is 8.81. The van der Waals surface area contributed by atoms with Gasteiger partial charge in [0, 0.05) is 12.0 Å². The van der Waals surface area contributed by atoms with E-state index >= 15 is 0 Å². The summed E-state index contributed by atoms with van der Waals surface area (Å²) in [5.74, 6) is -0.274. The molecule has 2 heterocycles. The number of ether oxygens (including phenoxy) is 1. The lowest BCUT2D eigenvalue weighted by atomic mass is 9.81. The number of aryl methyl sites for hydroxylation is 1. The van der Waals surface area contributed by atoms with Gasteiger partial charge >= 0.3 is 5.97 Å². The molecule has 4 heteroatoms. The summed E-state index contributed by atoms with van der Waals surface area (Å²) < 4.78 is 6.17. The summed E-state index contributed by atoms with van der Waals surface area (Å²) in [5.41, 5.74) is 1.58. The van der Waals surface area contributed by atoms with Crippen molar-refractivity contribution in [3.8, 4) is 0 Å². The maximum atomic E-state index is 11.0. The van der Waals surface area contributed by atoms with Crippen LogP contribution >= 0.6 is 0 Å². The number of aromatic carboxylic acids is 1. The third kappa shape index (κ3) is 4.62.